The van der Waals surface area contributed by atoms with Crippen molar-refractivity contribution < 1.29 is 14.3 Å². The SMILES string of the molecule is Cn1ncc2cc(NC(=O)c3coc(N4CC[C@H](O)C4)n3)c(C3CC3)cc21. The molecule has 140 valence electrons. The van der Waals surface area contributed by atoms with Gasteiger partial charge < -0.3 is 19.7 Å². The standard InChI is InChI=1S/C19H21N5O3/c1-23-17-7-14(11-2-3-11)15(6-12(17)8-20-23)21-18(26)16-10-27-19(22-16)24-5-4-13(25)9-24/h6-8,10-11,13,25H,2-5,9H2,1H3,(H,21,26)/t13-/m0/s1. The fourth-order valence-electron chi connectivity index (χ4n) is 3.67. The van der Waals surface area contributed by atoms with Crippen LogP contribution in [-0.2, 0) is 7.05 Å². The van der Waals surface area contributed by atoms with Crippen molar-refractivity contribution in [3.05, 3.63) is 35.9 Å². The molecule has 1 amide bonds. The lowest BCUT2D eigenvalue weighted by molar-refractivity contribution is 0.102. The number of rotatable bonds is 4. The fraction of sp³-hybridized carbons (Fsp3) is 0.421. The first-order valence-corrected chi connectivity index (χ1v) is 9.24. The number of aromatic nitrogens is 3. The Hall–Kier alpha value is -2.87. The minimum absolute atomic E-state index is 0.236. The largest absolute Gasteiger partial charge is 0.431 e. The van der Waals surface area contributed by atoms with E-state index in [1.807, 2.05) is 22.7 Å². The topological polar surface area (TPSA) is 96.4 Å². The average Bonchev–Trinajstić information content (AvgIpc) is 3.04. The number of amides is 1. The number of fused-ring (bicyclic) bond motifs is 1. The zero-order valence-corrected chi connectivity index (χ0v) is 15.1. The van der Waals surface area contributed by atoms with Gasteiger partial charge in [-0.15, -0.1) is 0 Å². The first-order chi connectivity index (χ1) is 13.1. The Morgan fingerprint density at radius 1 is 1.33 bits per heavy atom. The predicted molar refractivity (Wildman–Crippen MR) is 100.0 cm³/mol. The highest BCUT2D eigenvalue weighted by atomic mass is 16.4. The van der Waals surface area contributed by atoms with Gasteiger partial charge in [-0.05, 0) is 42.9 Å². The van der Waals surface area contributed by atoms with Crippen molar-refractivity contribution in [2.45, 2.75) is 31.3 Å². The summed E-state index contributed by atoms with van der Waals surface area (Å²) in [5.74, 6) is 0.188. The molecule has 8 heteroatoms. The molecule has 2 fully saturated rings. The molecule has 1 aliphatic carbocycles. The maximum atomic E-state index is 12.7. The van der Waals surface area contributed by atoms with Gasteiger partial charge in [0.1, 0.15) is 6.26 Å². The summed E-state index contributed by atoms with van der Waals surface area (Å²) in [6.45, 7) is 1.15. The molecule has 1 atom stereocenters. The Morgan fingerprint density at radius 3 is 2.93 bits per heavy atom. The highest BCUT2D eigenvalue weighted by Crippen LogP contribution is 2.44. The lowest BCUT2D eigenvalue weighted by Crippen LogP contribution is -2.21. The minimum atomic E-state index is -0.374. The predicted octanol–water partition coefficient (Wildman–Crippen LogP) is 2.26. The first-order valence-electron chi connectivity index (χ1n) is 9.24. The van der Waals surface area contributed by atoms with Crippen molar-refractivity contribution in [1.82, 2.24) is 14.8 Å². The van der Waals surface area contributed by atoms with E-state index in [-0.39, 0.29) is 17.7 Å². The second kappa shape index (κ2) is 6.09. The van der Waals surface area contributed by atoms with Crippen molar-refractivity contribution in [3.63, 3.8) is 0 Å². The zero-order valence-electron chi connectivity index (χ0n) is 15.1. The van der Waals surface area contributed by atoms with Crippen LogP contribution in [0.2, 0.25) is 0 Å². The maximum Gasteiger partial charge on any atom is 0.298 e. The van der Waals surface area contributed by atoms with Crippen molar-refractivity contribution in [3.8, 4) is 0 Å². The Bertz CT molecular complexity index is 1020. The van der Waals surface area contributed by atoms with Crippen molar-refractivity contribution in [1.29, 1.82) is 0 Å². The summed E-state index contributed by atoms with van der Waals surface area (Å²) in [4.78, 5) is 18.9. The van der Waals surface area contributed by atoms with Gasteiger partial charge in [0.15, 0.2) is 5.69 Å². The van der Waals surface area contributed by atoms with Crippen LogP contribution in [0.25, 0.3) is 10.9 Å². The van der Waals surface area contributed by atoms with Crippen LogP contribution in [0.4, 0.5) is 11.7 Å². The normalized spacial score (nSPS) is 19.8. The van der Waals surface area contributed by atoms with Gasteiger partial charge in [-0.3, -0.25) is 9.48 Å². The summed E-state index contributed by atoms with van der Waals surface area (Å²) >= 11 is 0. The van der Waals surface area contributed by atoms with Crippen molar-refractivity contribution in [2.75, 3.05) is 23.3 Å². The molecule has 0 radical (unpaired) electrons. The molecule has 1 aromatic carbocycles. The Balaban J connectivity index is 1.41. The lowest BCUT2D eigenvalue weighted by atomic mass is 10.1. The van der Waals surface area contributed by atoms with E-state index in [1.165, 1.54) is 6.26 Å². The highest BCUT2D eigenvalue weighted by molar-refractivity contribution is 6.04. The molecule has 0 unspecified atom stereocenters. The van der Waals surface area contributed by atoms with Crippen LogP contribution < -0.4 is 10.2 Å². The molecule has 2 N–H and O–H groups in total. The van der Waals surface area contributed by atoms with Crippen LogP contribution in [0.5, 0.6) is 0 Å². The van der Waals surface area contributed by atoms with Gasteiger partial charge in [-0.2, -0.15) is 10.1 Å². The van der Waals surface area contributed by atoms with E-state index >= 15 is 0 Å². The van der Waals surface area contributed by atoms with Crippen molar-refractivity contribution >= 4 is 28.5 Å². The fourth-order valence-corrected chi connectivity index (χ4v) is 3.67. The summed E-state index contributed by atoms with van der Waals surface area (Å²) in [5, 5.41) is 17.9. The molecule has 3 heterocycles. The zero-order chi connectivity index (χ0) is 18.5. The average molecular weight is 367 g/mol. The van der Waals surface area contributed by atoms with Crippen molar-refractivity contribution in [2.24, 2.45) is 7.05 Å². The quantitative estimate of drug-likeness (QED) is 0.734. The second-order valence-corrected chi connectivity index (χ2v) is 7.40. The minimum Gasteiger partial charge on any atom is -0.431 e. The van der Waals surface area contributed by atoms with Crippen LogP contribution in [0.3, 0.4) is 0 Å². The number of nitrogens with one attached hydrogen (secondary N) is 1. The molecule has 8 nitrogen and oxygen atoms in total. The smallest absolute Gasteiger partial charge is 0.298 e. The van der Waals surface area contributed by atoms with E-state index in [2.05, 4.69) is 21.5 Å². The molecule has 5 rings (SSSR count). The van der Waals surface area contributed by atoms with Gasteiger partial charge in [0.2, 0.25) is 0 Å². The maximum absolute atomic E-state index is 12.7. The van der Waals surface area contributed by atoms with Gasteiger partial charge in [-0.1, -0.05) is 0 Å². The van der Waals surface area contributed by atoms with Gasteiger partial charge in [0.25, 0.3) is 11.9 Å². The summed E-state index contributed by atoms with van der Waals surface area (Å²) in [6, 6.07) is 4.48. The van der Waals surface area contributed by atoms with Crippen LogP contribution in [-0.4, -0.2) is 45.0 Å². The molecule has 0 spiro atoms. The number of β-amino-alcohol motifs (C(OH)–C–C–N with tert-alkyl or cyclic N) is 1. The van der Waals surface area contributed by atoms with E-state index < -0.39 is 0 Å². The van der Waals surface area contributed by atoms with E-state index in [4.69, 9.17) is 4.42 Å². The molecular weight excluding hydrogens is 346 g/mol. The molecule has 1 saturated carbocycles. The molecule has 2 aromatic heterocycles. The number of benzene rings is 1. The monoisotopic (exact) mass is 367 g/mol. The van der Waals surface area contributed by atoms with Crippen LogP contribution in [0.1, 0.15) is 41.2 Å². The van der Waals surface area contributed by atoms with Gasteiger partial charge in [-0.25, -0.2) is 0 Å². The van der Waals surface area contributed by atoms with Gasteiger partial charge in [0, 0.05) is 31.2 Å². The number of hydrogen-bond acceptors (Lipinski definition) is 6. The third-order valence-electron chi connectivity index (χ3n) is 5.34. The highest BCUT2D eigenvalue weighted by Gasteiger charge is 2.29. The molecule has 0 bridgehead atoms. The van der Waals surface area contributed by atoms with E-state index in [1.54, 1.807) is 6.20 Å². The summed E-state index contributed by atoms with van der Waals surface area (Å²) < 4.78 is 7.30. The molecular formula is C19H21N5O3. The Morgan fingerprint density at radius 2 is 2.19 bits per heavy atom. The van der Waals surface area contributed by atoms with Crippen LogP contribution in [0, 0.1) is 0 Å². The Kier molecular flexibility index (Phi) is 3.68. The lowest BCUT2D eigenvalue weighted by Gasteiger charge is -2.11. The summed E-state index contributed by atoms with van der Waals surface area (Å²) in [7, 11) is 1.92. The van der Waals surface area contributed by atoms with E-state index in [9.17, 15) is 9.90 Å². The summed E-state index contributed by atoms with van der Waals surface area (Å²) in [6.07, 6.45) is 5.75. The number of nitrogens with zero attached hydrogens (tertiary/aromatic N) is 4. The number of oxazole rings is 1. The van der Waals surface area contributed by atoms with Crippen LogP contribution >= 0.6 is 0 Å². The number of aliphatic hydroxyl groups excluding tert-OH is 1. The molecule has 1 aliphatic heterocycles. The second-order valence-electron chi connectivity index (χ2n) is 7.40. The first kappa shape index (κ1) is 16.3. The van der Waals surface area contributed by atoms with E-state index in [0.717, 1.165) is 35.0 Å². The van der Waals surface area contributed by atoms with E-state index in [0.29, 0.717) is 31.4 Å². The van der Waals surface area contributed by atoms with Gasteiger partial charge in [0.05, 0.1) is 17.8 Å². The Labute approximate surface area is 155 Å². The third-order valence-corrected chi connectivity index (χ3v) is 5.34. The molecule has 27 heavy (non-hydrogen) atoms. The summed E-state index contributed by atoms with van der Waals surface area (Å²) in [5.41, 5.74) is 3.25. The number of hydrogen-bond donors (Lipinski definition) is 2. The number of anilines is 2. The van der Waals surface area contributed by atoms with Gasteiger partial charge >= 0.3 is 0 Å². The number of aliphatic hydroxyl groups is 1. The molecule has 2 aliphatic rings. The number of carbonyl (C=O) groups is 1. The molecule has 3 aromatic rings. The number of carbonyl (C=O) groups excluding carboxylic acids is 1. The molecule has 1 saturated heterocycles. The van der Waals surface area contributed by atoms with Crippen LogP contribution in [0.15, 0.2) is 29.0 Å². The number of aryl methyl sites for hydroxylation is 1. The third kappa shape index (κ3) is 2.95.